The minimum Gasteiger partial charge on any atom is -0.459 e. The molecule has 1 atom stereocenters. The smallest absolute Gasteiger partial charge is 0.346 e. The molecule has 1 aromatic rings. The van der Waals surface area contributed by atoms with E-state index in [0.717, 1.165) is 6.08 Å². The molecule has 1 aliphatic rings. The number of carbonyl (C=O) groups excluding carboxylic acids is 3. The van der Waals surface area contributed by atoms with Crippen LogP contribution in [0.25, 0.3) is 0 Å². The molecule has 0 saturated heterocycles. The number of aliphatic hydroxyl groups is 1. The number of fused-ring (bicyclic) bond motifs is 1. The molecule has 1 heterocycles. The van der Waals surface area contributed by atoms with Gasteiger partial charge in [0.2, 0.25) is 0 Å². The molecule has 0 aliphatic carbocycles. The highest BCUT2D eigenvalue weighted by Gasteiger charge is 2.30. The molecule has 0 aromatic heterocycles. The van der Waals surface area contributed by atoms with E-state index in [0.29, 0.717) is 5.56 Å². The van der Waals surface area contributed by atoms with E-state index in [4.69, 9.17) is 0 Å². The van der Waals surface area contributed by atoms with Crippen LogP contribution in [-0.4, -0.2) is 29.6 Å². The number of benzene rings is 1. The van der Waals surface area contributed by atoms with Crippen LogP contribution in [0.1, 0.15) is 32.4 Å². The van der Waals surface area contributed by atoms with Crippen LogP contribution in [0.4, 0.5) is 0 Å². The Morgan fingerprint density at radius 1 is 1.37 bits per heavy atom. The Hall–Kier alpha value is -2.47. The van der Waals surface area contributed by atoms with Crippen LogP contribution >= 0.6 is 0 Å². The zero-order valence-corrected chi connectivity index (χ0v) is 9.79. The summed E-state index contributed by atoms with van der Waals surface area (Å²) in [4.78, 5) is 33.4. The Labute approximate surface area is 108 Å². The average molecular weight is 262 g/mol. The maximum Gasteiger partial charge on any atom is 0.346 e. The van der Waals surface area contributed by atoms with E-state index in [1.165, 1.54) is 18.2 Å². The molecule has 98 valence electrons. The zero-order valence-electron chi connectivity index (χ0n) is 9.79. The van der Waals surface area contributed by atoms with E-state index in [1.807, 2.05) is 0 Å². The first kappa shape index (κ1) is 13.0. The number of aliphatic hydroxyl groups excluding tert-OH is 1. The molecule has 0 saturated carbocycles. The molecule has 6 nitrogen and oxygen atoms in total. The van der Waals surface area contributed by atoms with Crippen molar-refractivity contribution >= 4 is 17.9 Å². The molecular formula is C13H10O6. The van der Waals surface area contributed by atoms with Gasteiger partial charge in [0.05, 0.1) is 11.1 Å². The summed E-state index contributed by atoms with van der Waals surface area (Å²) in [5, 5.41) is 9.80. The first-order chi connectivity index (χ1) is 9.02. The molecule has 2 rings (SSSR count). The van der Waals surface area contributed by atoms with Crippen LogP contribution in [0.2, 0.25) is 0 Å². The van der Waals surface area contributed by atoms with Crippen molar-refractivity contribution in [3.63, 3.8) is 0 Å². The molecule has 0 fully saturated rings. The van der Waals surface area contributed by atoms with Gasteiger partial charge in [-0.2, -0.15) is 0 Å². The van der Waals surface area contributed by atoms with Crippen molar-refractivity contribution in [1.82, 2.24) is 0 Å². The maximum atomic E-state index is 11.3. The molecule has 0 amide bonds. The van der Waals surface area contributed by atoms with E-state index >= 15 is 0 Å². The Morgan fingerprint density at radius 2 is 2.05 bits per heavy atom. The average Bonchev–Trinajstić information content (AvgIpc) is 2.70. The number of esters is 3. The number of hydrogen-bond donors (Lipinski definition) is 1. The molecule has 0 bridgehead atoms. The van der Waals surface area contributed by atoms with Crippen LogP contribution in [0.3, 0.4) is 0 Å². The molecule has 1 unspecified atom stereocenters. The van der Waals surface area contributed by atoms with E-state index in [2.05, 4.69) is 16.1 Å². The van der Waals surface area contributed by atoms with Crippen LogP contribution in [0.15, 0.2) is 30.9 Å². The van der Waals surface area contributed by atoms with Crippen molar-refractivity contribution in [2.24, 2.45) is 0 Å². The van der Waals surface area contributed by atoms with E-state index in [1.54, 1.807) is 0 Å². The Kier molecular flexibility index (Phi) is 3.43. The van der Waals surface area contributed by atoms with Crippen LogP contribution < -0.4 is 0 Å². The summed E-state index contributed by atoms with van der Waals surface area (Å²) in [5.41, 5.74) is 0.600. The van der Waals surface area contributed by atoms with Crippen molar-refractivity contribution < 1.29 is 29.0 Å². The molecular weight excluding hydrogens is 252 g/mol. The van der Waals surface area contributed by atoms with Crippen LogP contribution in [-0.2, 0) is 14.3 Å². The zero-order chi connectivity index (χ0) is 14.0. The van der Waals surface area contributed by atoms with Crippen molar-refractivity contribution in [3.05, 3.63) is 47.5 Å². The van der Waals surface area contributed by atoms with Gasteiger partial charge >= 0.3 is 17.9 Å². The Balaban J connectivity index is 2.16. The second-order valence-corrected chi connectivity index (χ2v) is 3.83. The summed E-state index contributed by atoms with van der Waals surface area (Å²) in [6.07, 6.45) is -0.122. The minimum atomic E-state index is -1.10. The molecule has 1 aromatic carbocycles. The van der Waals surface area contributed by atoms with Crippen LogP contribution in [0, 0.1) is 0 Å². The van der Waals surface area contributed by atoms with Gasteiger partial charge < -0.3 is 14.6 Å². The standard InChI is InChI=1S/C13H10O6/c1-2-11(15)18-6-10(14)7-3-4-8-9(5-7)13(17)19-12(8)16/h2-5,10,14H,1,6H2. The number of ether oxygens (including phenoxy) is 2. The first-order valence-electron chi connectivity index (χ1n) is 5.40. The number of hydrogen-bond acceptors (Lipinski definition) is 6. The molecule has 19 heavy (non-hydrogen) atoms. The third-order valence-electron chi connectivity index (χ3n) is 2.60. The summed E-state index contributed by atoms with van der Waals surface area (Å²) in [5.74, 6) is -2.12. The molecule has 6 heteroatoms. The van der Waals surface area contributed by atoms with Crippen molar-refractivity contribution in [2.45, 2.75) is 6.10 Å². The molecule has 1 N–H and O–H groups in total. The predicted octanol–water partition coefficient (Wildman–Crippen LogP) is 0.760. The van der Waals surface area contributed by atoms with Gasteiger partial charge in [-0.1, -0.05) is 12.6 Å². The lowest BCUT2D eigenvalue weighted by atomic mass is 10.0. The maximum absolute atomic E-state index is 11.3. The lowest BCUT2D eigenvalue weighted by molar-refractivity contribution is -0.140. The summed E-state index contributed by atoms with van der Waals surface area (Å²) in [6.45, 7) is 2.95. The van der Waals surface area contributed by atoms with E-state index < -0.39 is 24.0 Å². The van der Waals surface area contributed by atoms with Crippen molar-refractivity contribution in [3.8, 4) is 0 Å². The fourth-order valence-electron chi connectivity index (χ4n) is 1.63. The number of cyclic esters (lactones) is 2. The second kappa shape index (κ2) is 5.03. The monoisotopic (exact) mass is 262 g/mol. The highest BCUT2D eigenvalue weighted by Crippen LogP contribution is 2.24. The largest absolute Gasteiger partial charge is 0.459 e. The normalized spacial score (nSPS) is 14.6. The molecule has 0 radical (unpaired) electrons. The fraction of sp³-hybridized carbons (Fsp3) is 0.154. The highest BCUT2D eigenvalue weighted by molar-refractivity contribution is 6.14. The Morgan fingerprint density at radius 3 is 2.74 bits per heavy atom. The van der Waals surface area contributed by atoms with Gasteiger partial charge in [-0.05, 0) is 17.7 Å². The van der Waals surface area contributed by atoms with Gasteiger partial charge in [-0.3, -0.25) is 0 Å². The third kappa shape index (κ3) is 2.53. The van der Waals surface area contributed by atoms with Gasteiger partial charge in [-0.15, -0.1) is 0 Å². The fourth-order valence-corrected chi connectivity index (χ4v) is 1.63. The van der Waals surface area contributed by atoms with Gasteiger partial charge in [0.1, 0.15) is 12.7 Å². The summed E-state index contributed by atoms with van der Waals surface area (Å²) in [7, 11) is 0. The SMILES string of the molecule is C=CC(=O)OCC(O)c1ccc2c(c1)C(=O)OC2=O. The van der Waals surface area contributed by atoms with E-state index in [9.17, 15) is 19.5 Å². The summed E-state index contributed by atoms with van der Waals surface area (Å²) >= 11 is 0. The van der Waals surface area contributed by atoms with Gasteiger partial charge in [-0.25, -0.2) is 14.4 Å². The third-order valence-corrected chi connectivity index (χ3v) is 2.60. The quantitative estimate of drug-likeness (QED) is 0.489. The van der Waals surface area contributed by atoms with Crippen molar-refractivity contribution in [1.29, 1.82) is 0 Å². The van der Waals surface area contributed by atoms with Gasteiger partial charge in [0.15, 0.2) is 0 Å². The summed E-state index contributed by atoms with van der Waals surface area (Å²) in [6, 6.07) is 4.19. The Bertz CT molecular complexity index is 574. The molecule has 1 aliphatic heterocycles. The topological polar surface area (TPSA) is 89.9 Å². The minimum absolute atomic E-state index is 0.0941. The number of carbonyl (C=O) groups is 3. The number of rotatable bonds is 4. The second-order valence-electron chi connectivity index (χ2n) is 3.83. The molecule has 0 spiro atoms. The lowest BCUT2D eigenvalue weighted by Crippen LogP contribution is -2.11. The van der Waals surface area contributed by atoms with E-state index in [-0.39, 0.29) is 17.7 Å². The highest BCUT2D eigenvalue weighted by atomic mass is 16.6. The van der Waals surface area contributed by atoms with Gasteiger partial charge in [0, 0.05) is 6.08 Å². The first-order valence-corrected chi connectivity index (χ1v) is 5.40. The lowest BCUT2D eigenvalue weighted by Gasteiger charge is -2.11. The van der Waals surface area contributed by atoms with Gasteiger partial charge in [0.25, 0.3) is 0 Å². The summed E-state index contributed by atoms with van der Waals surface area (Å²) < 4.78 is 9.11. The van der Waals surface area contributed by atoms with Crippen molar-refractivity contribution in [2.75, 3.05) is 6.61 Å². The van der Waals surface area contributed by atoms with Crippen LogP contribution in [0.5, 0.6) is 0 Å². The predicted molar refractivity (Wildman–Crippen MR) is 62.3 cm³/mol.